The largest absolute Gasteiger partial charge is 0.389 e. The van der Waals surface area contributed by atoms with Crippen LogP contribution in [0.4, 0.5) is 0 Å². The van der Waals surface area contributed by atoms with Crippen molar-refractivity contribution in [2.45, 2.75) is 40.2 Å². The number of halogens is 1. The fourth-order valence-electron chi connectivity index (χ4n) is 2.85. The molecule has 4 N–H and O–H groups in total. The molecule has 0 bridgehead atoms. The SMILES string of the molecule is CCNC(=NCC(O)COCC(C)C)NCCc1c[nH]c2cc(C)ccc12.I. The van der Waals surface area contributed by atoms with Crippen LogP contribution in [0.25, 0.3) is 10.9 Å². The second-order valence-corrected chi connectivity index (χ2v) is 7.34. The van der Waals surface area contributed by atoms with Crippen molar-refractivity contribution in [1.82, 2.24) is 15.6 Å². The Morgan fingerprint density at radius 3 is 2.75 bits per heavy atom. The van der Waals surface area contributed by atoms with Crippen LogP contribution < -0.4 is 10.6 Å². The summed E-state index contributed by atoms with van der Waals surface area (Å²) in [6.45, 7) is 11.1. The number of aliphatic hydroxyl groups is 1. The molecule has 1 aromatic carbocycles. The van der Waals surface area contributed by atoms with E-state index in [-0.39, 0.29) is 24.0 Å². The predicted octanol–water partition coefficient (Wildman–Crippen LogP) is 3.23. The van der Waals surface area contributed by atoms with Gasteiger partial charge in [-0.1, -0.05) is 26.0 Å². The highest BCUT2D eigenvalue weighted by Gasteiger charge is 2.07. The Morgan fingerprint density at radius 2 is 2.04 bits per heavy atom. The molecule has 0 aliphatic rings. The number of aromatic amines is 1. The number of aliphatic imine (C=N–C) groups is 1. The van der Waals surface area contributed by atoms with E-state index >= 15 is 0 Å². The van der Waals surface area contributed by atoms with Gasteiger partial charge in [-0.25, -0.2) is 0 Å². The van der Waals surface area contributed by atoms with Gasteiger partial charge in [-0.05, 0) is 43.4 Å². The van der Waals surface area contributed by atoms with Crippen LogP contribution in [0.5, 0.6) is 0 Å². The minimum atomic E-state index is -0.587. The summed E-state index contributed by atoms with van der Waals surface area (Å²) in [6.07, 6.45) is 2.38. The minimum Gasteiger partial charge on any atom is -0.389 e. The number of nitrogens with zero attached hydrogens (tertiary/aromatic N) is 1. The number of hydrogen-bond acceptors (Lipinski definition) is 3. The number of ether oxygens (including phenoxy) is 1. The van der Waals surface area contributed by atoms with E-state index in [0.29, 0.717) is 25.7 Å². The van der Waals surface area contributed by atoms with Gasteiger partial charge in [-0.15, -0.1) is 24.0 Å². The van der Waals surface area contributed by atoms with E-state index in [1.165, 1.54) is 22.0 Å². The Hall–Kier alpha value is -1.32. The molecule has 2 rings (SSSR count). The lowest BCUT2D eigenvalue weighted by atomic mass is 10.1. The van der Waals surface area contributed by atoms with E-state index in [1.807, 2.05) is 6.92 Å². The van der Waals surface area contributed by atoms with Crippen LogP contribution in [0.15, 0.2) is 29.4 Å². The Kier molecular flexibility index (Phi) is 11.5. The Labute approximate surface area is 185 Å². The second kappa shape index (κ2) is 13.0. The molecular formula is C21H35IN4O2. The quantitative estimate of drug-likeness (QED) is 0.229. The van der Waals surface area contributed by atoms with Crippen molar-refractivity contribution >= 4 is 40.8 Å². The zero-order chi connectivity index (χ0) is 19.6. The van der Waals surface area contributed by atoms with Gasteiger partial charge in [-0.2, -0.15) is 0 Å². The lowest BCUT2D eigenvalue weighted by Gasteiger charge is -2.14. The van der Waals surface area contributed by atoms with Gasteiger partial charge in [-0.3, -0.25) is 4.99 Å². The topological polar surface area (TPSA) is 81.7 Å². The molecule has 1 unspecified atom stereocenters. The first-order chi connectivity index (χ1) is 13.0. The van der Waals surface area contributed by atoms with Crippen LogP contribution in [-0.4, -0.2) is 55.0 Å². The van der Waals surface area contributed by atoms with Gasteiger partial charge in [0.1, 0.15) is 0 Å². The molecular weight excluding hydrogens is 467 g/mol. The number of H-pyrrole nitrogens is 1. The number of hydrogen-bond donors (Lipinski definition) is 4. The van der Waals surface area contributed by atoms with Crippen molar-refractivity contribution in [3.8, 4) is 0 Å². The summed E-state index contributed by atoms with van der Waals surface area (Å²) in [6, 6.07) is 6.48. The fraction of sp³-hybridized carbons (Fsp3) is 0.571. The monoisotopic (exact) mass is 502 g/mol. The molecule has 0 radical (unpaired) electrons. The van der Waals surface area contributed by atoms with Gasteiger partial charge < -0.3 is 25.5 Å². The average Bonchev–Trinajstić information content (AvgIpc) is 3.01. The van der Waals surface area contributed by atoms with Gasteiger partial charge in [0.25, 0.3) is 0 Å². The molecule has 0 aliphatic heterocycles. The van der Waals surface area contributed by atoms with Gasteiger partial charge in [0, 0.05) is 36.8 Å². The summed E-state index contributed by atoms with van der Waals surface area (Å²) in [5.41, 5.74) is 3.72. The van der Waals surface area contributed by atoms with Gasteiger partial charge in [0.15, 0.2) is 5.96 Å². The fourth-order valence-corrected chi connectivity index (χ4v) is 2.85. The zero-order valence-electron chi connectivity index (χ0n) is 17.4. The highest BCUT2D eigenvalue weighted by Crippen LogP contribution is 2.19. The highest BCUT2D eigenvalue weighted by molar-refractivity contribution is 14.0. The van der Waals surface area contributed by atoms with E-state index < -0.39 is 6.10 Å². The molecule has 2 aromatic rings. The zero-order valence-corrected chi connectivity index (χ0v) is 19.7. The number of guanidine groups is 1. The number of benzene rings is 1. The number of aliphatic hydroxyl groups excluding tert-OH is 1. The third-order valence-corrected chi connectivity index (χ3v) is 4.18. The maximum absolute atomic E-state index is 10.0. The summed E-state index contributed by atoms with van der Waals surface area (Å²) >= 11 is 0. The Bertz CT molecular complexity index is 730. The highest BCUT2D eigenvalue weighted by atomic mass is 127. The normalized spacial score (nSPS) is 12.9. The Balaban J connectivity index is 0.00000392. The maximum atomic E-state index is 10.0. The van der Waals surface area contributed by atoms with E-state index in [1.54, 1.807) is 0 Å². The van der Waals surface area contributed by atoms with E-state index in [4.69, 9.17) is 4.74 Å². The molecule has 0 fully saturated rings. The predicted molar refractivity (Wildman–Crippen MR) is 128 cm³/mol. The summed E-state index contributed by atoms with van der Waals surface area (Å²) in [5, 5.41) is 17.8. The molecule has 0 spiro atoms. The molecule has 0 amide bonds. The average molecular weight is 502 g/mol. The first kappa shape index (κ1) is 24.7. The van der Waals surface area contributed by atoms with Crippen molar-refractivity contribution in [3.05, 3.63) is 35.5 Å². The lowest BCUT2D eigenvalue weighted by Crippen LogP contribution is -2.39. The molecule has 0 saturated heterocycles. The van der Waals surface area contributed by atoms with Gasteiger partial charge in [0.05, 0.1) is 19.3 Å². The van der Waals surface area contributed by atoms with Crippen LogP contribution >= 0.6 is 24.0 Å². The van der Waals surface area contributed by atoms with E-state index in [9.17, 15) is 5.11 Å². The maximum Gasteiger partial charge on any atom is 0.191 e. The number of aromatic nitrogens is 1. The molecule has 28 heavy (non-hydrogen) atoms. The smallest absolute Gasteiger partial charge is 0.191 e. The minimum absolute atomic E-state index is 0. The van der Waals surface area contributed by atoms with Gasteiger partial charge >= 0.3 is 0 Å². The first-order valence-corrected chi connectivity index (χ1v) is 9.84. The third-order valence-electron chi connectivity index (χ3n) is 4.18. The number of rotatable bonds is 10. The second-order valence-electron chi connectivity index (χ2n) is 7.34. The van der Waals surface area contributed by atoms with Crippen LogP contribution in [-0.2, 0) is 11.2 Å². The van der Waals surface area contributed by atoms with Crippen LogP contribution in [0, 0.1) is 12.8 Å². The third kappa shape index (κ3) is 8.36. The summed E-state index contributed by atoms with van der Waals surface area (Å²) < 4.78 is 5.46. The van der Waals surface area contributed by atoms with E-state index in [0.717, 1.165) is 25.5 Å². The first-order valence-electron chi connectivity index (χ1n) is 9.84. The van der Waals surface area contributed by atoms with Crippen LogP contribution in [0.3, 0.4) is 0 Å². The van der Waals surface area contributed by atoms with Crippen molar-refractivity contribution in [1.29, 1.82) is 0 Å². The summed E-state index contributed by atoms with van der Waals surface area (Å²) in [7, 11) is 0. The van der Waals surface area contributed by atoms with Crippen molar-refractivity contribution < 1.29 is 9.84 Å². The lowest BCUT2D eigenvalue weighted by molar-refractivity contribution is 0.0301. The standard InChI is InChI=1S/C21H34N4O2.HI/c1-5-22-21(25-12-18(26)14-27-13-15(2)3)23-9-8-17-11-24-20-10-16(4)6-7-19(17)20;/h6-7,10-11,15,18,24,26H,5,8-9,12-14H2,1-4H3,(H2,22,23,25);1H. The summed E-state index contributed by atoms with van der Waals surface area (Å²) in [5.74, 6) is 1.18. The van der Waals surface area contributed by atoms with Crippen LogP contribution in [0.1, 0.15) is 31.9 Å². The molecule has 1 atom stereocenters. The molecule has 7 heteroatoms. The van der Waals surface area contributed by atoms with Crippen molar-refractivity contribution in [2.24, 2.45) is 10.9 Å². The van der Waals surface area contributed by atoms with Gasteiger partial charge in [0.2, 0.25) is 0 Å². The molecule has 1 aromatic heterocycles. The number of nitrogens with one attached hydrogen (secondary N) is 3. The van der Waals surface area contributed by atoms with Crippen molar-refractivity contribution in [3.63, 3.8) is 0 Å². The molecule has 1 heterocycles. The molecule has 0 aliphatic carbocycles. The number of aryl methyl sites for hydroxylation is 1. The van der Waals surface area contributed by atoms with Crippen LogP contribution in [0.2, 0.25) is 0 Å². The van der Waals surface area contributed by atoms with Crippen molar-refractivity contribution in [2.75, 3.05) is 32.8 Å². The van der Waals surface area contributed by atoms with E-state index in [2.05, 4.69) is 65.8 Å². The number of fused-ring (bicyclic) bond motifs is 1. The molecule has 0 saturated carbocycles. The summed E-state index contributed by atoms with van der Waals surface area (Å²) in [4.78, 5) is 7.80. The Morgan fingerprint density at radius 1 is 1.25 bits per heavy atom. The molecule has 158 valence electrons. The molecule has 6 nitrogen and oxygen atoms in total.